The Kier molecular flexibility index (Phi) is 2.99. The molecule has 0 spiro atoms. The number of nitrogens with one attached hydrogen (secondary N) is 1. The van der Waals surface area contributed by atoms with Crippen LogP contribution in [0.1, 0.15) is 11.3 Å². The van der Waals surface area contributed by atoms with Gasteiger partial charge in [0.2, 0.25) is 0 Å². The summed E-state index contributed by atoms with van der Waals surface area (Å²) >= 11 is 0. The van der Waals surface area contributed by atoms with Crippen molar-refractivity contribution in [3.8, 4) is 0 Å². The van der Waals surface area contributed by atoms with Gasteiger partial charge in [0.15, 0.2) is 0 Å². The summed E-state index contributed by atoms with van der Waals surface area (Å²) in [5, 5.41) is 7.28. The van der Waals surface area contributed by atoms with Crippen LogP contribution in [0.4, 0.5) is 15.9 Å². The lowest BCUT2D eigenvalue weighted by atomic mass is 10.2. The average Bonchev–Trinajstić information content (AvgIpc) is 2.53. The third-order valence-electron chi connectivity index (χ3n) is 2.67. The predicted octanol–water partition coefficient (Wildman–Crippen LogP) is 2.06. The number of rotatable bonds is 3. The number of benzene rings is 1. The lowest BCUT2D eigenvalue weighted by molar-refractivity contribution is 0.612. The third-order valence-corrected chi connectivity index (χ3v) is 2.67. The summed E-state index contributed by atoms with van der Waals surface area (Å²) in [7, 11) is 1.80. The van der Waals surface area contributed by atoms with Crippen LogP contribution in [0.2, 0.25) is 0 Å². The molecule has 0 atom stereocenters. The quantitative estimate of drug-likeness (QED) is 0.854. The number of aryl methyl sites for hydroxylation is 2. The van der Waals surface area contributed by atoms with Crippen molar-refractivity contribution >= 4 is 11.5 Å². The molecule has 3 N–H and O–H groups in total. The first-order chi connectivity index (χ1) is 8.09. The maximum atomic E-state index is 13.4. The van der Waals surface area contributed by atoms with Crippen molar-refractivity contribution in [2.75, 3.05) is 11.1 Å². The van der Waals surface area contributed by atoms with E-state index in [1.54, 1.807) is 29.9 Å². The Bertz CT molecular complexity index is 533. The van der Waals surface area contributed by atoms with E-state index in [0.29, 0.717) is 23.6 Å². The third kappa shape index (κ3) is 2.22. The zero-order chi connectivity index (χ0) is 12.4. The number of hydrogen-bond acceptors (Lipinski definition) is 3. The standard InChI is InChI=1S/C12H15FN4/c1-8-11(14)12(17(2)16-8)15-7-9-5-3-4-6-10(9)13/h3-6,15H,7,14H2,1-2H3. The summed E-state index contributed by atoms with van der Waals surface area (Å²) in [6.45, 7) is 2.22. The molecular formula is C12H15FN4. The molecule has 0 fully saturated rings. The fraction of sp³-hybridized carbons (Fsp3) is 0.250. The zero-order valence-electron chi connectivity index (χ0n) is 9.87. The molecular weight excluding hydrogens is 219 g/mol. The largest absolute Gasteiger partial charge is 0.394 e. The Hall–Kier alpha value is -2.04. The number of nitrogens with zero attached hydrogens (tertiary/aromatic N) is 2. The summed E-state index contributed by atoms with van der Waals surface area (Å²) in [5.41, 5.74) is 7.84. The fourth-order valence-electron chi connectivity index (χ4n) is 1.70. The summed E-state index contributed by atoms with van der Waals surface area (Å²) < 4.78 is 15.1. The molecule has 2 rings (SSSR count). The topological polar surface area (TPSA) is 55.9 Å². The van der Waals surface area contributed by atoms with Crippen molar-refractivity contribution in [3.63, 3.8) is 0 Å². The van der Waals surface area contributed by atoms with Crippen LogP contribution >= 0.6 is 0 Å². The highest BCUT2D eigenvalue weighted by Gasteiger charge is 2.09. The molecule has 1 aromatic carbocycles. The molecule has 1 heterocycles. The van der Waals surface area contributed by atoms with Crippen LogP contribution in [0.15, 0.2) is 24.3 Å². The highest BCUT2D eigenvalue weighted by Crippen LogP contribution is 2.21. The second-order valence-electron chi connectivity index (χ2n) is 3.92. The summed E-state index contributed by atoms with van der Waals surface area (Å²) in [5.74, 6) is 0.489. The smallest absolute Gasteiger partial charge is 0.148 e. The summed E-state index contributed by atoms with van der Waals surface area (Å²) in [4.78, 5) is 0. The van der Waals surface area contributed by atoms with E-state index in [0.717, 1.165) is 5.69 Å². The second-order valence-corrected chi connectivity index (χ2v) is 3.92. The van der Waals surface area contributed by atoms with Crippen molar-refractivity contribution in [1.29, 1.82) is 0 Å². The van der Waals surface area contributed by atoms with Crippen molar-refractivity contribution in [2.24, 2.45) is 7.05 Å². The van der Waals surface area contributed by atoms with E-state index in [1.807, 2.05) is 6.92 Å². The first kappa shape index (κ1) is 11.4. The van der Waals surface area contributed by atoms with Crippen molar-refractivity contribution < 1.29 is 4.39 Å². The molecule has 17 heavy (non-hydrogen) atoms. The molecule has 90 valence electrons. The fourth-order valence-corrected chi connectivity index (χ4v) is 1.70. The Morgan fingerprint density at radius 3 is 2.71 bits per heavy atom. The van der Waals surface area contributed by atoms with E-state index in [4.69, 9.17) is 5.73 Å². The molecule has 0 unspecified atom stereocenters. The van der Waals surface area contributed by atoms with E-state index in [9.17, 15) is 4.39 Å². The van der Waals surface area contributed by atoms with Gasteiger partial charge < -0.3 is 11.1 Å². The highest BCUT2D eigenvalue weighted by atomic mass is 19.1. The van der Waals surface area contributed by atoms with Crippen LogP contribution < -0.4 is 11.1 Å². The minimum absolute atomic E-state index is 0.225. The van der Waals surface area contributed by atoms with Crippen LogP contribution in [-0.2, 0) is 13.6 Å². The van der Waals surface area contributed by atoms with Gasteiger partial charge in [-0.2, -0.15) is 5.10 Å². The van der Waals surface area contributed by atoms with Gasteiger partial charge in [-0.05, 0) is 13.0 Å². The predicted molar refractivity (Wildman–Crippen MR) is 66.1 cm³/mol. The number of nitrogen functional groups attached to an aromatic ring is 1. The molecule has 0 radical (unpaired) electrons. The van der Waals surface area contributed by atoms with Gasteiger partial charge in [-0.3, -0.25) is 4.68 Å². The SMILES string of the molecule is Cc1nn(C)c(NCc2ccccc2F)c1N. The monoisotopic (exact) mass is 234 g/mol. The second kappa shape index (κ2) is 4.45. The van der Waals surface area contributed by atoms with Crippen LogP contribution in [0, 0.1) is 12.7 Å². The maximum absolute atomic E-state index is 13.4. The van der Waals surface area contributed by atoms with Gasteiger partial charge in [0.1, 0.15) is 11.6 Å². The Morgan fingerprint density at radius 1 is 1.41 bits per heavy atom. The van der Waals surface area contributed by atoms with E-state index in [1.165, 1.54) is 6.07 Å². The number of aromatic nitrogens is 2. The van der Waals surface area contributed by atoms with Crippen molar-refractivity contribution in [1.82, 2.24) is 9.78 Å². The van der Waals surface area contributed by atoms with E-state index >= 15 is 0 Å². The summed E-state index contributed by atoms with van der Waals surface area (Å²) in [6.07, 6.45) is 0. The zero-order valence-corrected chi connectivity index (χ0v) is 9.87. The molecule has 0 saturated carbocycles. The molecule has 0 aliphatic carbocycles. The van der Waals surface area contributed by atoms with Gasteiger partial charge in [-0.15, -0.1) is 0 Å². The molecule has 4 nitrogen and oxygen atoms in total. The van der Waals surface area contributed by atoms with E-state index < -0.39 is 0 Å². The normalized spacial score (nSPS) is 10.5. The van der Waals surface area contributed by atoms with E-state index in [2.05, 4.69) is 10.4 Å². The van der Waals surface area contributed by atoms with Crippen LogP contribution in [-0.4, -0.2) is 9.78 Å². The molecule has 1 aromatic heterocycles. The molecule has 0 amide bonds. The number of hydrogen-bond donors (Lipinski definition) is 2. The van der Waals surface area contributed by atoms with Crippen LogP contribution in [0.5, 0.6) is 0 Å². The number of nitrogens with two attached hydrogens (primary N) is 1. The minimum Gasteiger partial charge on any atom is -0.394 e. The van der Waals surface area contributed by atoms with Gasteiger partial charge >= 0.3 is 0 Å². The molecule has 5 heteroatoms. The first-order valence-corrected chi connectivity index (χ1v) is 5.36. The van der Waals surface area contributed by atoms with Crippen LogP contribution in [0.3, 0.4) is 0 Å². The van der Waals surface area contributed by atoms with Crippen LogP contribution in [0.25, 0.3) is 0 Å². The highest BCUT2D eigenvalue weighted by molar-refractivity contribution is 5.64. The Labute approximate surface area is 99.2 Å². The first-order valence-electron chi connectivity index (χ1n) is 5.36. The maximum Gasteiger partial charge on any atom is 0.148 e. The lowest BCUT2D eigenvalue weighted by Gasteiger charge is -2.08. The molecule has 2 aromatic rings. The van der Waals surface area contributed by atoms with Crippen molar-refractivity contribution in [2.45, 2.75) is 13.5 Å². The molecule has 0 aliphatic heterocycles. The average molecular weight is 234 g/mol. The minimum atomic E-state index is -0.225. The van der Waals surface area contributed by atoms with Gasteiger partial charge in [-0.25, -0.2) is 4.39 Å². The molecule has 0 aliphatic rings. The van der Waals surface area contributed by atoms with Gasteiger partial charge in [0.05, 0.1) is 11.4 Å². The van der Waals surface area contributed by atoms with Gasteiger partial charge in [0, 0.05) is 19.2 Å². The molecule has 0 saturated heterocycles. The molecule has 0 bridgehead atoms. The number of halogens is 1. The van der Waals surface area contributed by atoms with E-state index in [-0.39, 0.29) is 5.82 Å². The van der Waals surface area contributed by atoms with Gasteiger partial charge in [-0.1, -0.05) is 18.2 Å². The Balaban J connectivity index is 2.15. The number of anilines is 2. The Morgan fingerprint density at radius 2 is 2.12 bits per heavy atom. The van der Waals surface area contributed by atoms with Crippen molar-refractivity contribution in [3.05, 3.63) is 41.3 Å². The van der Waals surface area contributed by atoms with Gasteiger partial charge in [0.25, 0.3) is 0 Å². The lowest BCUT2D eigenvalue weighted by Crippen LogP contribution is -2.07. The summed E-state index contributed by atoms with van der Waals surface area (Å²) in [6, 6.07) is 6.65.